The van der Waals surface area contributed by atoms with Gasteiger partial charge in [0, 0.05) is 6.42 Å². The van der Waals surface area contributed by atoms with E-state index in [1.165, 1.54) is 0 Å². The first-order valence-electron chi connectivity index (χ1n) is 5.31. The van der Waals surface area contributed by atoms with Crippen molar-refractivity contribution in [3.8, 4) is 12.3 Å². The molecule has 78 valence electrons. The van der Waals surface area contributed by atoms with E-state index >= 15 is 0 Å². The summed E-state index contributed by atoms with van der Waals surface area (Å²) in [5.41, 5.74) is -0.617. The Labute approximate surface area is 85.7 Å². The predicted octanol–water partition coefficient (Wildman–Crippen LogP) is 2.68. The Kier molecular flexibility index (Phi) is 3.57. The lowest BCUT2D eigenvalue weighted by Crippen LogP contribution is -2.36. The minimum atomic E-state index is -0.700. The number of hydrogen-bond acceptors (Lipinski definition) is 1. The lowest BCUT2D eigenvalue weighted by Gasteiger charge is -2.36. The van der Waals surface area contributed by atoms with Crippen LogP contribution in [-0.2, 0) is 4.79 Å². The zero-order valence-corrected chi connectivity index (χ0v) is 8.75. The van der Waals surface area contributed by atoms with Crippen molar-refractivity contribution in [3.63, 3.8) is 0 Å². The lowest BCUT2D eigenvalue weighted by molar-refractivity contribution is -0.151. The molecule has 2 nitrogen and oxygen atoms in total. The first-order chi connectivity index (χ1) is 6.64. The molecule has 14 heavy (non-hydrogen) atoms. The number of carboxylic acid groups (broad SMARTS) is 1. The van der Waals surface area contributed by atoms with Crippen LogP contribution in [0.5, 0.6) is 0 Å². The van der Waals surface area contributed by atoms with Crippen LogP contribution in [0.4, 0.5) is 0 Å². The van der Waals surface area contributed by atoms with Gasteiger partial charge in [-0.15, -0.1) is 12.3 Å². The summed E-state index contributed by atoms with van der Waals surface area (Å²) in [6, 6.07) is 0. The molecule has 0 aromatic rings. The monoisotopic (exact) mass is 194 g/mol. The topological polar surface area (TPSA) is 37.3 Å². The van der Waals surface area contributed by atoms with E-state index in [0.717, 1.165) is 32.1 Å². The average Bonchev–Trinajstić information content (AvgIpc) is 2.18. The van der Waals surface area contributed by atoms with Crippen LogP contribution in [0, 0.1) is 23.7 Å². The molecule has 1 aliphatic carbocycles. The maximum atomic E-state index is 11.2. The second-order valence-corrected chi connectivity index (χ2v) is 4.34. The summed E-state index contributed by atoms with van der Waals surface area (Å²) in [4.78, 5) is 11.2. The van der Waals surface area contributed by atoms with Crippen molar-refractivity contribution < 1.29 is 9.90 Å². The fourth-order valence-corrected chi connectivity index (χ4v) is 2.46. The van der Waals surface area contributed by atoms with Crippen LogP contribution >= 0.6 is 0 Å². The van der Waals surface area contributed by atoms with Gasteiger partial charge in [0.25, 0.3) is 0 Å². The molecular weight excluding hydrogens is 176 g/mol. The van der Waals surface area contributed by atoms with Gasteiger partial charge in [0.2, 0.25) is 0 Å². The standard InChI is InChI=1S/C12H18O2/c1-3-7-12(11(13)14)8-5-6-10(4-2)9-12/h1,10H,4-9H2,2H3,(H,13,14). The first-order valence-corrected chi connectivity index (χ1v) is 5.31. The van der Waals surface area contributed by atoms with E-state index in [9.17, 15) is 9.90 Å². The van der Waals surface area contributed by atoms with E-state index in [1.807, 2.05) is 0 Å². The van der Waals surface area contributed by atoms with Gasteiger partial charge in [-0.2, -0.15) is 0 Å². The molecule has 0 amide bonds. The lowest BCUT2D eigenvalue weighted by atomic mass is 9.67. The Morgan fingerprint density at radius 3 is 2.93 bits per heavy atom. The number of carboxylic acids is 1. The van der Waals surface area contributed by atoms with Crippen LogP contribution in [0.2, 0.25) is 0 Å². The van der Waals surface area contributed by atoms with Crippen molar-refractivity contribution in [2.45, 2.75) is 45.4 Å². The van der Waals surface area contributed by atoms with Crippen molar-refractivity contribution in [2.24, 2.45) is 11.3 Å². The van der Waals surface area contributed by atoms with Crippen molar-refractivity contribution in [2.75, 3.05) is 0 Å². The molecule has 0 spiro atoms. The van der Waals surface area contributed by atoms with E-state index in [-0.39, 0.29) is 0 Å². The van der Waals surface area contributed by atoms with Gasteiger partial charge in [0.15, 0.2) is 0 Å². The average molecular weight is 194 g/mol. The zero-order valence-electron chi connectivity index (χ0n) is 8.75. The van der Waals surface area contributed by atoms with Gasteiger partial charge in [-0.1, -0.05) is 26.2 Å². The van der Waals surface area contributed by atoms with E-state index in [4.69, 9.17) is 6.42 Å². The number of hydrogen-bond donors (Lipinski definition) is 1. The minimum absolute atomic E-state index is 0.388. The number of carbonyl (C=O) groups is 1. The molecule has 0 aliphatic heterocycles. The van der Waals surface area contributed by atoms with E-state index < -0.39 is 11.4 Å². The van der Waals surface area contributed by atoms with Crippen LogP contribution in [0.3, 0.4) is 0 Å². The molecule has 0 saturated heterocycles. The highest BCUT2D eigenvalue weighted by Crippen LogP contribution is 2.43. The summed E-state index contributed by atoms with van der Waals surface area (Å²) in [6.07, 6.45) is 10.4. The summed E-state index contributed by atoms with van der Waals surface area (Å²) < 4.78 is 0. The summed E-state index contributed by atoms with van der Waals surface area (Å²) in [5, 5.41) is 9.24. The molecule has 0 radical (unpaired) electrons. The molecule has 1 saturated carbocycles. The molecule has 0 aromatic carbocycles. The first kappa shape index (κ1) is 11.1. The fraction of sp³-hybridized carbons (Fsp3) is 0.750. The number of rotatable bonds is 3. The normalized spacial score (nSPS) is 32.1. The van der Waals surface area contributed by atoms with Crippen molar-refractivity contribution >= 4 is 5.97 Å². The zero-order chi connectivity index (χ0) is 10.6. The maximum Gasteiger partial charge on any atom is 0.310 e. The van der Waals surface area contributed by atoms with Crippen molar-refractivity contribution in [3.05, 3.63) is 0 Å². The molecular formula is C12H18O2. The predicted molar refractivity (Wildman–Crippen MR) is 55.8 cm³/mol. The highest BCUT2D eigenvalue weighted by atomic mass is 16.4. The smallest absolute Gasteiger partial charge is 0.310 e. The second-order valence-electron chi connectivity index (χ2n) is 4.34. The highest BCUT2D eigenvalue weighted by molar-refractivity contribution is 5.75. The third-order valence-electron chi connectivity index (χ3n) is 3.42. The molecule has 2 unspecified atom stereocenters. The third kappa shape index (κ3) is 2.09. The Hall–Kier alpha value is -0.970. The minimum Gasteiger partial charge on any atom is -0.481 e. The van der Waals surface area contributed by atoms with E-state index in [0.29, 0.717) is 12.3 Å². The Morgan fingerprint density at radius 1 is 1.71 bits per heavy atom. The molecule has 1 rings (SSSR count). The van der Waals surface area contributed by atoms with Crippen LogP contribution in [-0.4, -0.2) is 11.1 Å². The van der Waals surface area contributed by atoms with Gasteiger partial charge in [0.05, 0.1) is 5.41 Å². The Balaban J connectivity index is 2.77. The molecule has 2 heteroatoms. The van der Waals surface area contributed by atoms with Gasteiger partial charge >= 0.3 is 5.97 Å². The largest absolute Gasteiger partial charge is 0.481 e. The van der Waals surface area contributed by atoms with Crippen molar-refractivity contribution in [1.29, 1.82) is 0 Å². The molecule has 2 atom stereocenters. The Bertz CT molecular complexity index is 252. The maximum absolute atomic E-state index is 11.2. The summed E-state index contributed by atoms with van der Waals surface area (Å²) in [7, 11) is 0. The number of terminal acetylenes is 1. The molecule has 0 aromatic heterocycles. The van der Waals surface area contributed by atoms with Crippen LogP contribution in [0.1, 0.15) is 45.4 Å². The van der Waals surface area contributed by atoms with Gasteiger partial charge in [0.1, 0.15) is 0 Å². The molecule has 0 heterocycles. The highest BCUT2D eigenvalue weighted by Gasteiger charge is 2.41. The van der Waals surface area contributed by atoms with Gasteiger partial charge in [-0.3, -0.25) is 4.79 Å². The van der Waals surface area contributed by atoms with Gasteiger partial charge < -0.3 is 5.11 Å². The Morgan fingerprint density at radius 2 is 2.43 bits per heavy atom. The van der Waals surface area contributed by atoms with Crippen molar-refractivity contribution in [1.82, 2.24) is 0 Å². The second kappa shape index (κ2) is 4.50. The van der Waals surface area contributed by atoms with Crippen LogP contribution < -0.4 is 0 Å². The quantitative estimate of drug-likeness (QED) is 0.701. The molecule has 0 bridgehead atoms. The summed E-state index contributed by atoms with van der Waals surface area (Å²) in [5.74, 6) is 2.37. The SMILES string of the molecule is C#CCC1(C(=O)O)CCCC(CC)C1. The van der Waals surface area contributed by atoms with Gasteiger partial charge in [-0.25, -0.2) is 0 Å². The fourth-order valence-electron chi connectivity index (χ4n) is 2.46. The molecule has 1 aliphatic rings. The molecule has 1 N–H and O–H groups in total. The van der Waals surface area contributed by atoms with E-state index in [1.54, 1.807) is 0 Å². The van der Waals surface area contributed by atoms with Crippen LogP contribution in [0.15, 0.2) is 0 Å². The van der Waals surface area contributed by atoms with Gasteiger partial charge in [-0.05, 0) is 18.8 Å². The van der Waals surface area contributed by atoms with Crippen LogP contribution in [0.25, 0.3) is 0 Å². The van der Waals surface area contributed by atoms with E-state index in [2.05, 4.69) is 12.8 Å². The summed E-state index contributed by atoms with van der Waals surface area (Å²) >= 11 is 0. The molecule has 1 fully saturated rings. The third-order valence-corrected chi connectivity index (χ3v) is 3.42. The summed E-state index contributed by atoms with van der Waals surface area (Å²) in [6.45, 7) is 2.12. The number of aliphatic carboxylic acids is 1.